The van der Waals surface area contributed by atoms with Crippen molar-refractivity contribution in [2.45, 2.75) is 78.9 Å². The molecule has 0 fully saturated rings. The normalized spacial score (nSPS) is 13.6. The average Bonchev–Trinajstić information content (AvgIpc) is 2.61. The van der Waals surface area contributed by atoms with Crippen molar-refractivity contribution in [3.8, 4) is 11.5 Å². The summed E-state index contributed by atoms with van der Waals surface area (Å²) in [5.74, 6) is 4.46. The van der Waals surface area contributed by atoms with Crippen molar-refractivity contribution in [2.24, 2.45) is 11.8 Å². The Balaban J connectivity index is 2.60. The average molecular weight is 397 g/mol. The molecule has 0 aromatic heterocycles. The summed E-state index contributed by atoms with van der Waals surface area (Å²) in [6.07, 6.45) is 7.01. The minimum Gasteiger partial charge on any atom is -0.616 e. The minimum atomic E-state index is -0.854. The van der Waals surface area contributed by atoms with E-state index in [1.54, 1.807) is 7.11 Å². The molecular weight excluding hydrogens is 356 g/mol. The molecule has 4 heteroatoms. The smallest absolute Gasteiger partial charge is 0.134 e. The molecule has 0 aliphatic rings. The van der Waals surface area contributed by atoms with E-state index in [4.69, 9.17) is 9.47 Å². The van der Waals surface area contributed by atoms with E-state index in [1.165, 1.54) is 19.3 Å². The summed E-state index contributed by atoms with van der Waals surface area (Å²) in [7, 11) is 1.67. The third kappa shape index (κ3) is 9.75. The van der Waals surface area contributed by atoms with E-state index in [-0.39, 0.29) is 0 Å². The number of ether oxygens (including phenoxy) is 2. The number of methoxy groups -OCH3 is 1. The molecule has 0 saturated carbocycles. The molecule has 156 valence electrons. The molecule has 1 aromatic carbocycles. The quantitative estimate of drug-likeness (QED) is 0.347. The second-order valence-corrected chi connectivity index (χ2v) is 9.72. The van der Waals surface area contributed by atoms with Gasteiger partial charge in [0.25, 0.3) is 0 Å². The molecule has 27 heavy (non-hydrogen) atoms. The summed E-state index contributed by atoms with van der Waals surface area (Å²) < 4.78 is 23.9. The van der Waals surface area contributed by atoms with Crippen LogP contribution in [0.25, 0.3) is 0 Å². The Bertz CT molecular complexity index is 531. The Morgan fingerprint density at radius 1 is 1.04 bits per heavy atom. The van der Waals surface area contributed by atoms with Gasteiger partial charge in [0.15, 0.2) is 0 Å². The highest BCUT2D eigenvalue weighted by Gasteiger charge is 2.15. The van der Waals surface area contributed by atoms with Crippen LogP contribution >= 0.6 is 0 Å². The zero-order valence-electron chi connectivity index (χ0n) is 18.3. The van der Waals surface area contributed by atoms with Gasteiger partial charge < -0.3 is 14.0 Å². The van der Waals surface area contributed by atoms with E-state index in [1.807, 2.05) is 19.1 Å². The van der Waals surface area contributed by atoms with Crippen molar-refractivity contribution in [3.63, 3.8) is 0 Å². The lowest BCUT2D eigenvalue weighted by Crippen LogP contribution is -2.11. The molecule has 2 unspecified atom stereocenters. The van der Waals surface area contributed by atoms with E-state index in [2.05, 4.69) is 27.7 Å². The molecule has 1 rings (SSSR count). The Labute approximate surface area is 170 Å². The lowest BCUT2D eigenvalue weighted by molar-refractivity contribution is 0.273. The molecule has 0 saturated heterocycles. The summed E-state index contributed by atoms with van der Waals surface area (Å²) >= 11 is -0.854. The van der Waals surface area contributed by atoms with Crippen molar-refractivity contribution in [2.75, 3.05) is 19.5 Å². The van der Waals surface area contributed by atoms with Gasteiger partial charge in [0.2, 0.25) is 0 Å². The van der Waals surface area contributed by atoms with Gasteiger partial charge in [-0.1, -0.05) is 53.4 Å². The third-order valence-corrected chi connectivity index (χ3v) is 6.34. The second-order valence-electron chi connectivity index (χ2n) is 8.14. The van der Waals surface area contributed by atoms with Crippen molar-refractivity contribution in [1.82, 2.24) is 0 Å². The lowest BCUT2D eigenvalue weighted by atomic mass is 9.98. The van der Waals surface area contributed by atoms with Crippen molar-refractivity contribution in [1.29, 1.82) is 0 Å². The Hall–Kier alpha value is -0.870. The molecule has 2 atom stereocenters. The van der Waals surface area contributed by atoms with Crippen LogP contribution in [-0.2, 0) is 16.9 Å². The van der Waals surface area contributed by atoms with Crippen LogP contribution in [0.3, 0.4) is 0 Å². The monoisotopic (exact) mass is 396 g/mol. The summed E-state index contributed by atoms with van der Waals surface area (Å²) in [5, 5.41) is 0. The first-order chi connectivity index (χ1) is 12.9. The highest BCUT2D eigenvalue weighted by molar-refractivity contribution is 7.90. The SMILES string of the molecule is CCCC[S+]([O-])Cc1cc(OCCC(C)CCCC(C)C)c(C)cc1OC. The van der Waals surface area contributed by atoms with Crippen LogP contribution in [-0.4, -0.2) is 24.0 Å². The van der Waals surface area contributed by atoms with E-state index in [9.17, 15) is 4.55 Å². The summed E-state index contributed by atoms with van der Waals surface area (Å²) in [5.41, 5.74) is 2.06. The predicted octanol–water partition coefficient (Wildman–Crippen LogP) is 6.28. The largest absolute Gasteiger partial charge is 0.616 e. The number of hydrogen-bond acceptors (Lipinski definition) is 3. The molecule has 0 radical (unpaired) electrons. The Kier molecular flexibility index (Phi) is 11.9. The maximum Gasteiger partial charge on any atom is 0.134 e. The number of benzene rings is 1. The Morgan fingerprint density at radius 2 is 1.78 bits per heavy atom. The van der Waals surface area contributed by atoms with Crippen LogP contribution in [0.15, 0.2) is 12.1 Å². The van der Waals surface area contributed by atoms with E-state index in [0.717, 1.165) is 60.2 Å². The standard InChI is InChI=1S/C23H40O3S/c1-7-8-14-27(24)17-21-16-22(20(5)15-23(21)25-6)26-13-12-19(4)11-9-10-18(2)3/h15-16,18-19H,7-14,17H2,1-6H3. The van der Waals surface area contributed by atoms with Gasteiger partial charge in [-0.2, -0.15) is 0 Å². The zero-order chi connectivity index (χ0) is 20.2. The van der Waals surface area contributed by atoms with Crippen LogP contribution in [0.5, 0.6) is 11.5 Å². The van der Waals surface area contributed by atoms with E-state index < -0.39 is 11.2 Å². The fourth-order valence-corrected chi connectivity index (χ4v) is 4.43. The number of unbranched alkanes of at least 4 members (excludes halogenated alkanes) is 1. The van der Waals surface area contributed by atoms with Crippen molar-refractivity contribution >= 4 is 11.2 Å². The molecule has 0 aliphatic heterocycles. The Morgan fingerprint density at radius 3 is 2.41 bits per heavy atom. The first-order valence-corrected chi connectivity index (χ1v) is 12.0. The number of rotatable bonds is 14. The van der Waals surface area contributed by atoms with Crippen LogP contribution < -0.4 is 9.47 Å². The fraction of sp³-hybridized carbons (Fsp3) is 0.739. The van der Waals surface area contributed by atoms with Crippen LogP contribution in [0.2, 0.25) is 0 Å². The molecule has 0 bridgehead atoms. The molecule has 0 N–H and O–H groups in total. The fourth-order valence-electron chi connectivity index (χ4n) is 3.10. The van der Waals surface area contributed by atoms with Crippen LogP contribution in [0.4, 0.5) is 0 Å². The maximum absolute atomic E-state index is 12.3. The molecule has 0 amide bonds. The van der Waals surface area contributed by atoms with Crippen molar-refractivity contribution in [3.05, 3.63) is 23.3 Å². The van der Waals surface area contributed by atoms with Gasteiger partial charge in [-0.05, 0) is 60.5 Å². The molecule has 0 spiro atoms. The van der Waals surface area contributed by atoms with Gasteiger partial charge in [0.05, 0.1) is 13.7 Å². The summed E-state index contributed by atoms with van der Waals surface area (Å²) in [6, 6.07) is 4.04. The van der Waals surface area contributed by atoms with Gasteiger partial charge in [0.1, 0.15) is 23.0 Å². The van der Waals surface area contributed by atoms with Crippen molar-refractivity contribution < 1.29 is 14.0 Å². The lowest BCUT2D eigenvalue weighted by Gasteiger charge is -2.17. The van der Waals surface area contributed by atoms with Crippen LogP contribution in [0, 0.1) is 18.8 Å². The van der Waals surface area contributed by atoms with Crippen LogP contribution in [0.1, 0.15) is 77.3 Å². The zero-order valence-corrected chi connectivity index (χ0v) is 19.1. The minimum absolute atomic E-state index is 0.533. The second kappa shape index (κ2) is 13.3. The summed E-state index contributed by atoms with van der Waals surface area (Å²) in [4.78, 5) is 0. The topological polar surface area (TPSA) is 41.5 Å². The van der Waals surface area contributed by atoms with Gasteiger partial charge in [-0.25, -0.2) is 0 Å². The molecule has 0 heterocycles. The molecule has 1 aromatic rings. The molecular formula is C23H40O3S. The summed E-state index contributed by atoms with van der Waals surface area (Å²) in [6.45, 7) is 11.8. The molecule has 3 nitrogen and oxygen atoms in total. The number of aryl methyl sites for hydroxylation is 1. The van der Waals surface area contributed by atoms with Gasteiger partial charge in [-0.15, -0.1) is 0 Å². The van der Waals surface area contributed by atoms with Gasteiger partial charge in [-0.3, -0.25) is 0 Å². The van der Waals surface area contributed by atoms with Gasteiger partial charge >= 0.3 is 0 Å². The highest BCUT2D eigenvalue weighted by Crippen LogP contribution is 2.30. The maximum atomic E-state index is 12.3. The first kappa shape index (κ1) is 24.2. The number of hydrogen-bond donors (Lipinski definition) is 0. The predicted molar refractivity (Wildman–Crippen MR) is 117 cm³/mol. The first-order valence-electron chi connectivity index (χ1n) is 10.5. The third-order valence-electron chi connectivity index (χ3n) is 4.97. The van der Waals surface area contributed by atoms with E-state index >= 15 is 0 Å². The van der Waals surface area contributed by atoms with Gasteiger partial charge in [0, 0.05) is 5.56 Å². The highest BCUT2D eigenvalue weighted by atomic mass is 32.2. The van der Waals surface area contributed by atoms with E-state index in [0.29, 0.717) is 11.7 Å². The molecule has 0 aliphatic carbocycles.